The molecule has 0 saturated carbocycles. The fraction of sp³-hybridized carbons (Fsp3) is 0.148. The highest BCUT2D eigenvalue weighted by molar-refractivity contribution is 9.10. The smallest absolute Gasteiger partial charge is 0.266 e. The average molecular weight is 548 g/mol. The van der Waals surface area contributed by atoms with Gasteiger partial charge in [0, 0.05) is 17.1 Å². The summed E-state index contributed by atoms with van der Waals surface area (Å²) in [6, 6.07) is 20.9. The molecule has 0 N–H and O–H groups in total. The van der Waals surface area contributed by atoms with E-state index in [2.05, 4.69) is 27.0 Å². The van der Waals surface area contributed by atoms with Gasteiger partial charge < -0.3 is 9.47 Å². The van der Waals surface area contributed by atoms with Gasteiger partial charge >= 0.3 is 0 Å². The van der Waals surface area contributed by atoms with Crippen molar-refractivity contribution in [2.45, 2.75) is 13.5 Å². The van der Waals surface area contributed by atoms with Gasteiger partial charge in [0.1, 0.15) is 6.61 Å². The Labute approximate surface area is 217 Å². The number of hydrogen-bond acceptors (Lipinski definition) is 6. The van der Waals surface area contributed by atoms with Crippen LogP contribution in [0, 0.1) is 18.3 Å². The Bertz CT molecular complexity index is 1380. The lowest BCUT2D eigenvalue weighted by Crippen LogP contribution is -2.23. The summed E-state index contributed by atoms with van der Waals surface area (Å²) in [5.41, 5.74) is 4.07. The van der Waals surface area contributed by atoms with E-state index in [1.165, 1.54) is 11.8 Å². The number of methoxy groups -OCH3 is 1. The van der Waals surface area contributed by atoms with Crippen molar-refractivity contribution in [3.8, 4) is 17.6 Å². The summed E-state index contributed by atoms with van der Waals surface area (Å²) in [7, 11) is 3.28. The van der Waals surface area contributed by atoms with Crippen molar-refractivity contribution in [2.75, 3.05) is 14.2 Å². The van der Waals surface area contributed by atoms with E-state index in [-0.39, 0.29) is 12.5 Å². The molecule has 176 valence electrons. The van der Waals surface area contributed by atoms with Gasteiger partial charge in [-0.2, -0.15) is 5.26 Å². The highest BCUT2D eigenvalue weighted by atomic mass is 79.9. The first-order valence-electron chi connectivity index (χ1n) is 10.7. The van der Waals surface area contributed by atoms with Gasteiger partial charge in [-0.25, -0.2) is 4.99 Å². The van der Waals surface area contributed by atoms with E-state index in [1.54, 1.807) is 31.2 Å². The zero-order valence-corrected chi connectivity index (χ0v) is 21.8. The Kier molecular flexibility index (Phi) is 7.59. The molecule has 0 spiro atoms. The van der Waals surface area contributed by atoms with Crippen LogP contribution in [-0.2, 0) is 11.4 Å². The largest absolute Gasteiger partial charge is 0.493 e. The Balaban J connectivity index is 1.58. The number of likely N-dealkylation sites (N-methyl/N-ethyl adjacent to an activating group) is 1. The maximum Gasteiger partial charge on any atom is 0.266 e. The van der Waals surface area contributed by atoms with E-state index in [9.17, 15) is 10.1 Å². The lowest BCUT2D eigenvalue weighted by atomic mass is 10.1. The molecule has 4 rings (SSSR count). The molecule has 1 amide bonds. The van der Waals surface area contributed by atoms with Crippen LogP contribution in [0.15, 0.2) is 75.0 Å². The van der Waals surface area contributed by atoms with Crippen LogP contribution >= 0.6 is 27.7 Å². The number of amidine groups is 1. The number of nitrogens with zero attached hydrogens (tertiary/aromatic N) is 3. The third kappa shape index (κ3) is 5.59. The van der Waals surface area contributed by atoms with Crippen LogP contribution in [0.2, 0.25) is 0 Å². The number of rotatable bonds is 6. The second-order valence-electron chi connectivity index (χ2n) is 7.79. The van der Waals surface area contributed by atoms with Gasteiger partial charge in [0.05, 0.1) is 29.3 Å². The van der Waals surface area contributed by atoms with E-state index in [4.69, 9.17) is 9.47 Å². The molecule has 0 bridgehead atoms. The predicted octanol–water partition coefficient (Wildman–Crippen LogP) is 6.45. The summed E-state index contributed by atoms with van der Waals surface area (Å²) in [4.78, 5) is 19.6. The Hall–Kier alpha value is -3.54. The van der Waals surface area contributed by atoms with E-state index < -0.39 is 0 Å². The number of aliphatic imine (C=N–C) groups is 1. The van der Waals surface area contributed by atoms with Gasteiger partial charge in [-0.1, -0.05) is 51.8 Å². The predicted molar refractivity (Wildman–Crippen MR) is 143 cm³/mol. The van der Waals surface area contributed by atoms with Crippen LogP contribution in [0.4, 0.5) is 5.69 Å². The molecule has 1 heterocycles. The molecule has 8 heteroatoms. The molecular weight excluding hydrogens is 526 g/mol. The van der Waals surface area contributed by atoms with Crippen molar-refractivity contribution >= 4 is 50.5 Å². The highest BCUT2D eigenvalue weighted by Crippen LogP contribution is 2.38. The number of aryl methyl sites for hydroxylation is 1. The SMILES string of the molecule is COc1cc(/C=C2/SC(=Nc3ccc(C)cc3)N(C)C2=O)c(Br)cc1OCc1ccccc1C#N. The Morgan fingerprint density at radius 2 is 1.89 bits per heavy atom. The van der Waals surface area contributed by atoms with Gasteiger partial charge in [-0.15, -0.1) is 0 Å². The molecule has 1 fully saturated rings. The number of amides is 1. The fourth-order valence-electron chi connectivity index (χ4n) is 3.37. The topological polar surface area (TPSA) is 74.9 Å². The van der Waals surface area contributed by atoms with Crippen LogP contribution in [-0.4, -0.2) is 30.1 Å². The Morgan fingerprint density at radius 3 is 2.60 bits per heavy atom. The molecule has 1 aliphatic heterocycles. The van der Waals surface area contributed by atoms with Gasteiger partial charge in [-0.3, -0.25) is 9.69 Å². The minimum Gasteiger partial charge on any atom is -0.493 e. The molecule has 3 aromatic carbocycles. The molecule has 1 aliphatic rings. The average Bonchev–Trinajstić information content (AvgIpc) is 3.13. The fourth-order valence-corrected chi connectivity index (χ4v) is 4.78. The van der Waals surface area contributed by atoms with E-state index in [0.717, 1.165) is 26.9 Å². The van der Waals surface area contributed by atoms with Gasteiger partial charge in [0.2, 0.25) is 0 Å². The first-order chi connectivity index (χ1) is 16.9. The van der Waals surface area contributed by atoms with Crippen LogP contribution in [0.25, 0.3) is 6.08 Å². The lowest BCUT2D eigenvalue weighted by molar-refractivity contribution is -0.121. The summed E-state index contributed by atoms with van der Waals surface area (Å²) in [5, 5.41) is 9.91. The monoisotopic (exact) mass is 547 g/mol. The molecule has 6 nitrogen and oxygen atoms in total. The summed E-state index contributed by atoms with van der Waals surface area (Å²) < 4.78 is 12.3. The van der Waals surface area contributed by atoms with Crippen LogP contribution in [0.1, 0.15) is 22.3 Å². The number of carbonyl (C=O) groups is 1. The standard InChI is InChI=1S/C27H22BrN3O3S/c1-17-8-10-21(11-9-17)30-27-31(2)26(32)25(35-27)13-20-12-23(33-3)24(14-22(20)28)34-16-19-7-5-4-6-18(19)15-29/h4-14H,16H2,1-3H3/b25-13+,30-27?. The quantitative estimate of drug-likeness (QED) is 0.331. The van der Waals surface area contributed by atoms with Crippen molar-refractivity contribution in [1.82, 2.24) is 4.90 Å². The van der Waals surface area contributed by atoms with Crippen LogP contribution in [0.3, 0.4) is 0 Å². The van der Waals surface area contributed by atoms with Crippen molar-refractivity contribution in [3.63, 3.8) is 0 Å². The number of carbonyl (C=O) groups excluding carboxylic acids is 1. The van der Waals surface area contributed by atoms with Gasteiger partial charge in [0.25, 0.3) is 5.91 Å². The zero-order valence-electron chi connectivity index (χ0n) is 19.4. The maximum absolute atomic E-state index is 12.9. The molecule has 3 aromatic rings. The van der Waals surface area contributed by atoms with E-state index >= 15 is 0 Å². The van der Waals surface area contributed by atoms with Gasteiger partial charge in [-0.05, 0) is 60.7 Å². The Morgan fingerprint density at radius 1 is 1.14 bits per heavy atom. The van der Waals surface area contributed by atoms with E-state index in [1.807, 2.05) is 61.5 Å². The lowest BCUT2D eigenvalue weighted by Gasteiger charge is -2.13. The number of benzene rings is 3. The number of thioether (sulfide) groups is 1. The summed E-state index contributed by atoms with van der Waals surface area (Å²) in [6.07, 6.45) is 1.81. The summed E-state index contributed by atoms with van der Waals surface area (Å²) >= 11 is 4.91. The van der Waals surface area contributed by atoms with Crippen molar-refractivity contribution in [3.05, 3.63) is 92.3 Å². The second-order valence-corrected chi connectivity index (χ2v) is 9.65. The van der Waals surface area contributed by atoms with Crippen molar-refractivity contribution < 1.29 is 14.3 Å². The molecule has 0 aliphatic carbocycles. The third-order valence-corrected chi connectivity index (χ3v) is 7.10. The molecule has 1 saturated heterocycles. The number of ether oxygens (including phenoxy) is 2. The zero-order chi connectivity index (χ0) is 24.9. The molecule has 0 unspecified atom stereocenters. The number of hydrogen-bond donors (Lipinski definition) is 0. The molecule has 0 radical (unpaired) electrons. The van der Waals surface area contributed by atoms with Gasteiger partial charge in [0.15, 0.2) is 16.7 Å². The first-order valence-corrected chi connectivity index (χ1v) is 12.3. The summed E-state index contributed by atoms with van der Waals surface area (Å²) in [5.74, 6) is 0.922. The molecule has 35 heavy (non-hydrogen) atoms. The first kappa shape index (κ1) is 24.6. The van der Waals surface area contributed by atoms with Crippen molar-refractivity contribution in [1.29, 1.82) is 5.26 Å². The minimum atomic E-state index is -0.125. The van der Waals surface area contributed by atoms with Crippen LogP contribution in [0.5, 0.6) is 11.5 Å². The number of halogens is 1. The summed E-state index contributed by atoms with van der Waals surface area (Å²) in [6.45, 7) is 2.25. The van der Waals surface area contributed by atoms with Crippen molar-refractivity contribution in [2.24, 2.45) is 4.99 Å². The molecule has 0 atom stereocenters. The van der Waals surface area contributed by atoms with Crippen LogP contribution < -0.4 is 9.47 Å². The molecular formula is C27H22BrN3O3S. The normalized spacial score (nSPS) is 15.5. The third-order valence-electron chi connectivity index (χ3n) is 5.35. The number of nitriles is 1. The second kappa shape index (κ2) is 10.8. The minimum absolute atomic E-state index is 0.125. The highest BCUT2D eigenvalue weighted by Gasteiger charge is 2.30. The maximum atomic E-state index is 12.9. The molecule has 0 aromatic heterocycles. The van der Waals surface area contributed by atoms with E-state index in [0.29, 0.717) is 27.1 Å².